The lowest BCUT2D eigenvalue weighted by atomic mass is 9.67. The molecule has 0 N–H and O–H groups in total. The average molecular weight is 1890 g/mol. The van der Waals surface area contributed by atoms with Crippen LogP contribution >= 0.6 is 0 Å². The zero-order valence-corrected chi connectivity index (χ0v) is 75.6. The molecule has 5 heterocycles. The number of likely N-dealkylation sites (tertiary alicyclic amines) is 1. The minimum absolute atomic E-state index is 0. The molecule has 2 amide bonds. The number of carbonyl (C=O) groups excluding carboxylic acids is 9. The highest BCUT2D eigenvalue weighted by molar-refractivity contribution is 6.05. The van der Waals surface area contributed by atoms with Crippen LogP contribution in [-0.4, -0.2) is 111 Å². The predicted octanol–water partition coefficient (Wildman–Crippen LogP) is 20.9. The number of unbranched alkanes of at least 4 members (excludes halogenated alkanes) is 3. The van der Waals surface area contributed by atoms with Crippen LogP contribution in [0.4, 0.5) is 0 Å². The van der Waals surface area contributed by atoms with Gasteiger partial charge in [-0.05, 0) is 279 Å². The number of ether oxygens (including phenoxy) is 11. The molecule has 2 bridgehead atoms. The van der Waals surface area contributed by atoms with Crippen molar-refractivity contribution in [3.05, 3.63) is 282 Å². The van der Waals surface area contributed by atoms with E-state index in [9.17, 15) is 62.3 Å². The maximum Gasteiger partial charge on any atom is 0.343 e. The van der Waals surface area contributed by atoms with Crippen LogP contribution in [0.25, 0.3) is 43.9 Å². The van der Waals surface area contributed by atoms with Gasteiger partial charge in [-0.3, -0.25) is 28.9 Å². The summed E-state index contributed by atoms with van der Waals surface area (Å²) >= 11 is 0. The third kappa shape index (κ3) is 28.2. The summed E-state index contributed by atoms with van der Waals surface area (Å²) in [6.45, 7) is 18.0. The molecule has 3 aliphatic rings. The van der Waals surface area contributed by atoms with Crippen molar-refractivity contribution in [2.45, 2.75) is 156 Å². The number of nitrogens with zero attached hydrogens (tertiary/aromatic N) is 1. The van der Waals surface area contributed by atoms with E-state index in [0.717, 1.165) is 49.3 Å². The molecular formula is C109H121NO28. The van der Waals surface area contributed by atoms with Crippen molar-refractivity contribution in [1.82, 2.24) is 4.90 Å². The van der Waals surface area contributed by atoms with Crippen LogP contribution in [0, 0.1) is 52.3 Å². The smallest absolute Gasteiger partial charge is 0.343 e. The van der Waals surface area contributed by atoms with Crippen LogP contribution in [0.15, 0.2) is 255 Å². The number of imide groups is 1. The fourth-order valence-corrected chi connectivity index (χ4v) is 16.0. The molecule has 7 atom stereocenters. The SMILES string of the molecule is C.C.C.C.CC1C(=O)N(CCCOc2ccc(C(=O)Oc3ccc4ccc(=O)oc4c3)cc2)C(=O)C1C1C(C)[C@@H]2C[C@H]1CC2C(=O)OCCCOc1ccc(C(=O)Oc2ccc3ccc(=O)oc3c2)cc1.CCC(C)(C)C(=O)OCCCCCCOc1ccc(C(=O)Oc2ccc3ccc(=O)oc3c2)cc1.CCC(C)(C)C(=O)OCCCOc1ccc(C(=O)Oc2ccc3ccc(=O)oc3c2)cc1. The molecule has 1 saturated heterocycles. The van der Waals surface area contributed by atoms with Gasteiger partial charge in [0, 0.05) is 95.4 Å². The molecule has 138 heavy (non-hydrogen) atoms. The van der Waals surface area contributed by atoms with Crippen molar-refractivity contribution in [1.29, 1.82) is 0 Å². The maximum atomic E-state index is 13.9. The lowest BCUT2D eigenvalue weighted by Crippen LogP contribution is -2.40. The van der Waals surface area contributed by atoms with Gasteiger partial charge in [-0.1, -0.05) is 57.4 Å². The zero-order valence-electron chi connectivity index (χ0n) is 75.6. The van der Waals surface area contributed by atoms with Gasteiger partial charge in [0.25, 0.3) is 0 Å². The van der Waals surface area contributed by atoms with E-state index in [1.165, 1.54) is 53.4 Å². The molecule has 29 heteroatoms. The van der Waals surface area contributed by atoms with Gasteiger partial charge in [-0.2, -0.15) is 0 Å². The Morgan fingerprint density at radius 3 is 0.957 bits per heavy atom. The monoisotopic (exact) mass is 1890 g/mol. The van der Waals surface area contributed by atoms with Gasteiger partial charge in [0.2, 0.25) is 11.8 Å². The minimum Gasteiger partial charge on any atom is -0.494 e. The van der Waals surface area contributed by atoms with Crippen molar-refractivity contribution >= 4 is 97.5 Å². The van der Waals surface area contributed by atoms with Crippen LogP contribution < -0.4 is 60.4 Å². The highest BCUT2D eigenvalue weighted by Gasteiger charge is 2.60. The highest BCUT2D eigenvalue weighted by atomic mass is 16.6. The van der Waals surface area contributed by atoms with Crippen molar-refractivity contribution in [2.24, 2.45) is 52.3 Å². The van der Waals surface area contributed by atoms with Crippen LogP contribution in [0.2, 0.25) is 0 Å². The normalized spacial score (nSPS) is 16.1. The quantitative estimate of drug-likeness (QED) is 0.00871. The van der Waals surface area contributed by atoms with E-state index in [4.69, 9.17) is 69.8 Å². The first-order chi connectivity index (χ1) is 64.5. The fraction of sp³-hybridized carbons (Fsp3) is 0.367. The van der Waals surface area contributed by atoms with E-state index in [2.05, 4.69) is 6.92 Å². The summed E-state index contributed by atoms with van der Waals surface area (Å²) in [5.74, 6) is -0.723. The highest BCUT2D eigenvalue weighted by Crippen LogP contribution is 2.60. The molecule has 0 spiro atoms. The van der Waals surface area contributed by atoms with Gasteiger partial charge in [-0.25, -0.2) is 38.4 Å². The molecule has 2 aliphatic carbocycles. The number of carbonyl (C=O) groups is 9. The van der Waals surface area contributed by atoms with Gasteiger partial charge >= 0.3 is 64.3 Å². The van der Waals surface area contributed by atoms with E-state index >= 15 is 0 Å². The number of amides is 2. The molecule has 29 nitrogen and oxygen atoms in total. The topological polar surface area (TPSA) is 379 Å². The van der Waals surface area contributed by atoms with Gasteiger partial charge in [0.05, 0.1) is 91.2 Å². The largest absolute Gasteiger partial charge is 0.494 e. The molecule has 8 aromatic carbocycles. The number of hydrogen-bond acceptors (Lipinski definition) is 28. The molecule has 12 aromatic rings. The molecular weight excluding hydrogens is 1770 g/mol. The lowest BCUT2D eigenvalue weighted by molar-refractivity contribution is -0.155. The Labute approximate surface area is 800 Å². The average Bonchev–Trinajstić information content (AvgIpc) is 1.57. The fourth-order valence-electron chi connectivity index (χ4n) is 16.0. The van der Waals surface area contributed by atoms with Crippen LogP contribution in [0.1, 0.15) is 197 Å². The summed E-state index contributed by atoms with van der Waals surface area (Å²) < 4.78 is 81.6. The Morgan fingerprint density at radius 1 is 0.341 bits per heavy atom. The predicted molar refractivity (Wildman–Crippen MR) is 520 cm³/mol. The molecule has 3 fully saturated rings. The van der Waals surface area contributed by atoms with E-state index in [-0.39, 0.29) is 133 Å². The van der Waals surface area contributed by atoms with Gasteiger partial charge < -0.3 is 69.8 Å². The number of benzene rings is 8. The number of esters is 7. The lowest BCUT2D eigenvalue weighted by Gasteiger charge is -2.36. The van der Waals surface area contributed by atoms with Gasteiger partial charge in [0.15, 0.2) is 0 Å². The van der Waals surface area contributed by atoms with E-state index in [0.29, 0.717) is 143 Å². The third-order valence-electron chi connectivity index (χ3n) is 24.3. The second-order valence-electron chi connectivity index (χ2n) is 34.3. The molecule has 1 aliphatic heterocycles. The number of rotatable bonds is 37. The Kier molecular flexibility index (Phi) is 38.5. The first kappa shape index (κ1) is 107. The van der Waals surface area contributed by atoms with Gasteiger partial charge in [-0.15, -0.1) is 0 Å². The van der Waals surface area contributed by atoms with Crippen molar-refractivity contribution in [3.8, 4) is 46.0 Å². The molecule has 4 aromatic heterocycles. The number of hydrogen-bond donors (Lipinski definition) is 0. The minimum atomic E-state index is -0.596. The Bertz CT molecular complexity index is 6460. The summed E-state index contributed by atoms with van der Waals surface area (Å²) in [6, 6.07) is 57.3. The van der Waals surface area contributed by atoms with Crippen LogP contribution in [-0.2, 0) is 38.2 Å². The molecule has 5 unspecified atom stereocenters. The summed E-state index contributed by atoms with van der Waals surface area (Å²) in [4.78, 5) is 162. The third-order valence-corrected chi connectivity index (χ3v) is 24.3. The summed E-state index contributed by atoms with van der Waals surface area (Å²) in [7, 11) is 0. The van der Waals surface area contributed by atoms with Crippen molar-refractivity contribution in [2.75, 3.05) is 52.8 Å². The van der Waals surface area contributed by atoms with Crippen molar-refractivity contribution < 1.29 is 113 Å². The standard InChI is InChI=1S/C52H47NO14.C28H32O7.C25H26O7.4CH4/c1-29-40-25-35(26-41(40)52(60)63-24-4-23-62-37-15-9-34(10-16-37)51(59)65-39-18-6-32-12-20-45(55)67-43(32)28-39)46(29)47-30(2)48(56)53(49(47)57)21-3-22-61-36-13-7-33(8-14-36)50(58)64-38-17-5-31-11-19-44(54)66-42(31)27-38;1-4-28(2,3)27(31)33-18-8-6-5-7-17-32-22-13-10-21(11-14-22)26(30)34-23-15-9-20-12-16-25(29)35-24(20)19-23;1-4-25(2,3)24(28)30-15-5-14-29-19-10-7-18(8-11-19)23(27)31-20-12-6-17-9-13-22(26)32-21(17)16-20;;;;/h5-20,27-30,35,40-41,46-47H,3-4,21-26H2,1-2H3;9-16,19H,4-8,17-18H2,1-3H3;6-13,16H,4-5,14-15H2,1-3H3;4*1H4/t29?,30?,35-,40-,41?,46?,47?;;;;;;/m0....../s1. The summed E-state index contributed by atoms with van der Waals surface area (Å²) in [6.07, 6.45) is 8.03. The molecule has 15 rings (SSSR count). The van der Waals surface area contributed by atoms with E-state index in [1.807, 2.05) is 48.5 Å². The zero-order chi connectivity index (χ0) is 95.2. The second kappa shape index (κ2) is 49.6. The van der Waals surface area contributed by atoms with Crippen LogP contribution in [0.3, 0.4) is 0 Å². The Morgan fingerprint density at radius 2 is 0.630 bits per heavy atom. The van der Waals surface area contributed by atoms with Crippen molar-refractivity contribution in [3.63, 3.8) is 0 Å². The first-order valence-electron chi connectivity index (χ1n) is 44.8. The summed E-state index contributed by atoms with van der Waals surface area (Å²) in [5, 5.41) is 2.87. The van der Waals surface area contributed by atoms with Crippen LogP contribution in [0.5, 0.6) is 46.0 Å². The Hall–Kier alpha value is -14.8. The molecule has 730 valence electrons. The summed E-state index contributed by atoms with van der Waals surface area (Å²) in [5.41, 5.74) is -0.200. The second-order valence-corrected chi connectivity index (χ2v) is 34.3. The van der Waals surface area contributed by atoms with Gasteiger partial charge in [0.1, 0.15) is 68.3 Å². The van der Waals surface area contributed by atoms with E-state index < -0.39 is 69.0 Å². The number of fused-ring (bicyclic) bond motifs is 6. The maximum absolute atomic E-state index is 13.9. The van der Waals surface area contributed by atoms with E-state index in [1.54, 1.807) is 170 Å². The molecule has 0 radical (unpaired) electrons. The first-order valence-corrected chi connectivity index (χ1v) is 44.8. The molecule has 2 saturated carbocycles. The Balaban J connectivity index is 0.000000254.